The molecule has 4 rings (SSSR count). The minimum atomic E-state index is -3.63. The third kappa shape index (κ3) is 2.69. The van der Waals surface area contributed by atoms with Crippen LogP contribution in [-0.4, -0.2) is 36.9 Å². The predicted octanol–water partition coefficient (Wildman–Crippen LogP) is 2.05. The highest BCUT2D eigenvalue weighted by Crippen LogP contribution is 2.33. The molecule has 2 aromatic carbocycles. The predicted molar refractivity (Wildman–Crippen MR) is 93.9 cm³/mol. The molecule has 0 atom stereocenters. The summed E-state index contributed by atoms with van der Waals surface area (Å²) in [4.78, 5) is 11.1. The molecular weight excluding hydrogens is 340 g/mol. The number of rotatable bonds is 3. The van der Waals surface area contributed by atoms with E-state index in [1.54, 1.807) is 12.1 Å². The fraction of sp³-hybridized carbons (Fsp3) is 0.278. The van der Waals surface area contributed by atoms with Gasteiger partial charge in [0.05, 0.1) is 11.3 Å². The van der Waals surface area contributed by atoms with Gasteiger partial charge in [-0.1, -0.05) is 24.3 Å². The fourth-order valence-corrected chi connectivity index (χ4v) is 5.20. The average Bonchev–Trinajstić information content (AvgIpc) is 3.05. The van der Waals surface area contributed by atoms with Gasteiger partial charge in [-0.15, -0.1) is 0 Å². The molecule has 0 fully saturated rings. The second-order valence-electron chi connectivity index (χ2n) is 6.33. The quantitative estimate of drug-likeness (QED) is 0.911. The van der Waals surface area contributed by atoms with Gasteiger partial charge < -0.3 is 5.11 Å². The smallest absolute Gasteiger partial charge is 0.335 e. The van der Waals surface area contributed by atoms with Gasteiger partial charge in [0.1, 0.15) is 0 Å². The molecule has 0 spiro atoms. The number of carboxylic acids is 1. The Morgan fingerprint density at radius 1 is 0.960 bits per heavy atom. The van der Waals surface area contributed by atoms with Crippen LogP contribution in [0.3, 0.4) is 0 Å². The van der Waals surface area contributed by atoms with Gasteiger partial charge in [0.2, 0.25) is 0 Å². The van der Waals surface area contributed by atoms with E-state index >= 15 is 0 Å². The molecule has 0 amide bonds. The van der Waals surface area contributed by atoms with Crippen molar-refractivity contribution in [2.45, 2.75) is 19.4 Å². The fourth-order valence-electron chi connectivity index (χ4n) is 3.55. The summed E-state index contributed by atoms with van der Waals surface area (Å²) >= 11 is 0. The molecule has 1 N–H and O–H groups in total. The average molecular weight is 358 g/mol. The second-order valence-corrected chi connectivity index (χ2v) is 8.18. The van der Waals surface area contributed by atoms with Crippen molar-refractivity contribution in [2.75, 3.05) is 17.4 Å². The van der Waals surface area contributed by atoms with Crippen molar-refractivity contribution in [3.63, 3.8) is 0 Å². The Morgan fingerprint density at radius 2 is 1.68 bits per heavy atom. The van der Waals surface area contributed by atoms with Crippen LogP contribution < -0.4 is 4.31 Å². The van der Waals surface area contributed by atoms with Crippen molar-refractivity contribution >= 4 is 21.9 Å². The van der Waals surface area contributed by atoms with E-state index in [-0.39, 0.29) is 5.56 Å². The van der Waals surface area contributed by atoms with Crippen LogP contribution in [0.5, 0.6) is 0 Å². The van der Waals surface area contributed by atoms with Crippen molar-refractivity contribution in [1.29, 1.82) is 0 Å². The molecule has 0 radical (unpaired) electrons. The molecule has 0 unspecified atom stereocenters. The Morgan fingerprint density at radius 3 is 2.44 bits per heavy atom. The summed E-state index contributed by atoms with van der Waals surface area (Å²) in [6.45, 7) is 1.18. The first-order valence-corrected chi connectivity index (χ1v) is 9.57. The van der Waals surface area contributed by atoms with Crippen LogP contribution in [0.15, 0.2) is 42.5 Å². The molecule has 0 bridgehead atoms. The number of benzene rings is 2. The van der Waals surface area contributed by atoms with Crippen LogP contribution >= 0.6 is 0 Å². The van der Waals surface area contributed by atoms with Crippen molar-refractivity contribution in [1.82, 2.24) is 4.31 Å². The molecular formula is C18H18N2O4S. The highest BCUT2D eigenvalue weighted by Gasteiger charge is 2.36. The lowest BCUT2D eigenvalue weighted by atomic mass is 10.0. The van der Waals surface area contributed by atoms with E-state index in [2.05, 4.69) is 0 Å². The van der Waals surface area contributed by atoms with Crippen molar-refractivity contribution in [2.24, 2.45) is 0 Å². The molecule has 0 saturated heterocycles. The lowest BCUT2D eigenvalue weighted by Gasteiger charge is -2.32. The van der Waals surface area contributed by atoms with E-state index < -0.39 is 16.2 Å². The van der Waals surface area contributed by atoms with E-state index in [0.717, 1.165) is 11.1 Å². The molecule has 0 aromatic heterocycles. The number of aromatic carboxylic acids is 1. The molecule has 2 heterocycles. The first-order chi connectivity index (χ1) is 12.0. The number of carboxylic acid groups (broad SMARTS) is 1. The summed E-state index contributed by atoms with van der Waals surface area (Å²) in [5.74, 6) is -1.00. The second kappa shape index (κ2) is 5.86. The molecule has 0 saturated carbocycles. The molecule has 0 aliphatic carbocycles. The summed E-state index contributed by atoms with van der Waals surface area (Å²) in [7, 11) is -3.63. The highest BCUT2D eigenvalue weighted by molar-refractivity contribution is 7.90. The zero-order valence-corrected chi connectivity index (χ0v) is 14.4. The Hall–Kier alpha value is -2.38. The third-order valence-corrected chi connectivity index (χ3v) is 6.78. The van der Waals surface area contributed by atoms with E-state index in [1.165, 1.54) is 20.2 Å². The third-order valence-electron chi connectivity index (χ3n) is 4.88. The molecule has 25 heavy (non-hydrogen) atoms. The SMILES string of the molecule is O=C(O)c1ccc2c(c1)CCN2S(=O)(=O)N1CCc2ccccc2C1. The highest BCUT2D eigenvalue weighted by atomic mass is 32.2. The number of hydrogen-bond donors (Lipinski definition) is 1. The van der Waals surface area contributed by atoms with Gasteiger partial charge in [-0.3, -0.25) is 4.31 Å². The summed E-state index contributed by atoms with van der Waals surface area (Å²) in [6, 6.07) is 12.5. The normalized spacial score (nSPS) is 17.2. The number of nitrogens with zero attached hydrogens (tertiary/aromatic N) is 2. The molecule has 130 valence electrons. The van der Waals surface area contributed by atoms with Crippen LogP contribution in [0.25, 0.3) is 0 Å². The van der Waals surface area contributed by atoms with E-state index in [1.807, 2.05) is 24.3 Å². The first kappa shape index (κ1) is 16.1. The minimum Gasteiger partial charge on any atom is -0.478 e. The molecule has 2 aliphatic rings. The largest absolute Gasteiger partial charge is 0.478 e. The molecule has 6 nitrogen and oxygen atoms in total. The number of fused-ring (bicyclic) bond motifs is 2. The maximum Gasteiger partial charge on any atom is 0.335 e. The van der Waals surface area contributed by atoms with Crippen molar-refractivity contribution < 1.29 is 18.3 Å². The van der Waals surface area contributed by atoms with Crippen molar-refractivity contribution in [3.8, 4) is 0 Å². The maximum atomic E-state index is 13.1. The lowest BCUT2D eigenvalue weighted by Crippen LogP contribution is -2.45. The van der Waals surface area contributed by atoms with E-state index in [0.29, 0.717) is 38.2 Å². The Labute approximate surface area is 146 Å². The lowest BCUT2D eigenvalue weighted by molar-refractivity contribution is 0.0697. The van der Waals surface area contributed by atoms with Gasteiger partial charge in [0.15, 0.2) is 0 Å². The summed E-state index contributed by atoms with van der Waals surface area (Å²) in [5.41, 5.74) is 3.77. The molecule has 2 aromatic rings. The standard InChI is InChI=1S/C18H18N2O4S/c21-18(22)15-5-6-17-14(11-15)8-10-20(17)25(23,24)19-9-7-13-3-1-2-4-16(13)12-19/h1-6,11H,7-10,12H2,(H,21,22). The van der Waals surface area contributed by atoms with Crippen LogP contribution in [0, 0.1) is 0 Å². The summed E-state index contributed by atoms with van der Waals surface area (Å²) < 4.78 is 29.1. The summed E-state index contributed by atoms with van der Waals surface area (Å²) in [5, 5.41) is 9.10. The van der Waals surface area contributed by atoms with Crippen LogP contribution in [-0.2, 0) is 29.6 Å². The first-order valence-electron chi connectivity index (χ1n) is 8.17. The molecule has 2 aliphatic heterocycles. The number of anilines is 1. The van der Waals surface area contributed by atoms with E-state index in [9.17, 15) is 13.2 Å². The van der Waals surface area contributed by atoms with Crippen LogP contribution in [0.1, 0.15) is 27.0 Å². The Bertz CT molecular complexity index is 955. The molecule has 7 heteroatoms. The van der Waals surface area contributed by atoms with Gasteiger partial charge in [0, 0.05) is 19.6 Å². The monoisotopic (exact) mass is 358 g/mol. The van der Waals surface area contributed by atoms with Crippen LogP contribution in [0.2, 0.25) is 0 Å². The zero-order chi connectivity index (χ0) is 17.6. The van der Waals surface area contributed by atoms with Gasteiger partial charge in [-0.05, 0) is 47.7 Å². The topological polar surface area (TPSA) is 77.9 Å². The van der Waals surface area contributed by atoms with Gasteiger partial charge >= 0.3 is 16.2 Å². The number of hydrogen-bond acceptors (Lipinski definition) is 3. The summed E-state index contributed by atoms with van der Waals surface area (Å²) in [6.07, 6.45) is 1.23. The van der Waals surface area contributed by atoms with Crippen molar-refractivity contribution in [3.05, 3.63) is 64.7 Å². The van der Waals surface area contributed by atoms with Gasteiger partial charge in [-0.2, -0.15) is 12.7 Å². The maximum absolute atomic E-state index is 13.1. The van der Waals surface area contributed by atoms with Crippen LogP contribution in [0.4, 0.5) is 5.69 Å². The number of carbonyl (C=O) groups is 1. The van der Waals surface area contributed by atoms with E-state index in [4.69, 9.17) is 5.11 Å². The zero-order valence-electron chi connectivity index (χ0n) is 13.6. The Balaban J connectivity index is 1.64. The Kier molecular flexibility index (Phi) is 3.77. The minimum absolute atomic E-state index is 0.185. The van der Waals surface area contributed by atoms with Gasteiger partial charge in [-0.25, -0.2) is 4.79 Å². The van der Waals surface area contributed by atoms with Gasteiger partial charge in [0.25, 0.3) is 0 Å².